The number of nitrogens with one attached hydrogen (secondary N) is 2. The highest BCUT2D eigenvalue weighted by Crippen LogP contribution is 2.24. The summed E-state index contributed by atoms with van der Waals surface area (Å²) in [4.78, 5) is 0. The van der Waals surface area contributed by atoms with Gasteiger partial charge in [0, 0.05) is 5.56 Å². The fourth-order valence-corrected chi connectivity index (χ4v) is 2.16. The average Bonchev–Trinajstić information content (AvgIpc) is 2.96. The maximum atomic E-state index is 9.51. The lowest BCUT2D eigenvalue weighted by molar-refractivity contribution is 0.199. The van der Waals surface area contributed by atoms with E-state index in [9.17, 15) is 5.11 Å². The summed E-state index contributed by atoms with van der Waals surface area (Å²) in [5.41, 5.74) is 1.94. The second-order valence-corrected chi connectivity index (χ2v) is 5.20. The van der Waals surface area contributed by atoms with Gasteiger partial charge >= 0.3 is 0 Å². The van der Waals surface area contributed by atoms with Crippen molar-refractivity contribution in [1.29, 1.82) is 0 Å². The third kappa shape index (κ3) is 4.70. The summed E-state index contributed by atoms with van der Waals surface area (Å²) in [6.07, 6.45) is 0.665. The van der Waals surface area contributed by atoms with Crippen molar-refractivity contribution < 1.29 is 9.52 Å². The van der Waals surface area contributed by atoms with E-state index in [0.717, 1.165) is 48.7 Å². The highest BCUT2D eigenvalue weighted by molar-refractivity contribution is 5.58. The molecular formula is C17H24N2O2. The lowest BCUT2D eigenvalue weighted by Gasteiger charge is -2.05. The summed E-state index contributed by atoms with van der Waals surface area (Å²) >= 11 is 0. The van der Waals surface area contributed by atoms with E-state index < -0.39 is 6.10 Å². The van der Waals surface area contributed by atoms with Crippen molar-refractivity contribution in [1.82, 2.24) is 10.6 Å². The summed E-state index contributed by atoms with van der Waals surface area (Å²) in [5, 5.41) is 16.0. The van der Waals surface area contributed by atoms with Gasteiger partial charge in [-0.05, 0) is 51.2 Å². The Morgan fingerprint density at radius 1 is 1.10 bits per heavy atom. The molecule has 0 aliphatic heterocycles. The quantitative estimate of drug-likeness (QED) is 0.654. The van der Waals surface area contributed by atoms with Crippen LogP contribution in [0.2, 0.25) is 0 Å². The molecule has 0 aliphatic carbocycles. The fraction of sp³-hybridized carbons (Fsp3) is 0.412. The van der Waals surface area contributed by atoms with Crippen LogP contribution in [0.15, 0.2) is 40.8 Å². The van der Waals surface area contributed by atoms with Crippen LogP contribution in [0.5, 0.6) is 0 Å². The highest BCUT2D eigenvalue weighted by Gasteiger charge is 2.06. The molecule has 0 fully saturated rings. The zero-order valence-corrected chi connectivity index (χ0v) is 12.7. The van der Waals surface area contributed by atoms with Gasteiger partial charge in [-0.15, -0.1) is 0 Å². The number of aliphatic hydroxyl groups excluding tert-OH is 1. The van der Waals surface area contributed by atoms with E-state index in [4.69, 9.17) is 4.42 Å². The van der Waals surface area contributed by atoms with Gasteiger partial charge in [-0.25, -0.2) is 0 Å². The molecule has 0 bridgehead atoms. The molecule has 2 rings (SSSR count). The third-order valence-corrected chi connectivity index (χ3v) is 3.42. The van der Waals surface area contributed by atoms with E-state index in [0.29, 0.717) is 0 Å². The number of hydrogen-bond acceptors (Lipinski definition) is 4. The minimum Gasteiger partial charge on any atom is -0.460 e. The number of aliphatic hydroxyl groups is 1. The van der Waals surface area contributed by atoms with Crippen LogP contribution in [-0.2, 0) is 6.54 Å². The van der Waals surface area contributed by atoms with Crippen LogP contribution in [-0.4, -0.2) is 25.2 Å². The van der Waals surface area contributed by atoms with Crippen LogP contribution < -0.4 is 10.6 Å². The normalized spacial score (nSPS) is 12.5. The second-order valence-electron chi connectivity index (χ2n) is 5.20. The van der Waals surface area contributed by atoms with E-state index >= 15 is 0 Å². The van der Waals surface area contributed by atoms with E-state index in [1.165, 1.54) is 0 Å². The van der Waals surface area contributed by atoms with Crippen LogP contribution in [0.3, 0.4) is 0 Å². The second kappa shape index (κ2) is 7.98. The van der Waals surface area contributed by atoms with Crippen LogP contribution >= 0.6 is 0 Å². The summed E-state index contributed by atoms with van der Waals surface area (Å²) in [6, 6.07) is 11.8. The molecule has 21 heavy (non-hydrogen) atoms. The molecule has 1 aromatic carbocycles. The van der Waals surface area contributed by atoms with Crippen LogP contribution in [0.1, 0.15) is 30.8 Å². The first-order valence-corrected chi connectivity index (χ1v) is 7.43. The number of rotatable bonds is 8. The Morgan fingerprint density at radius 2 is 1.86 bits per heavy atom. The Kier molecular flexibility index (Phi) is 5.99. The SMILES string of the molecule is CNCCCNCc1ccc(-c2ccc([C@H](C)O)cc2)o1. The minimum absolute atomic E-state index is 0.437. The molecule has 1 heterocycles. The zero-order valence-electron chi connectivity index (χ0n) is 12.7. The number of benzene rings is 1. The van der Waals surface area contributed by atoms with Crippen molar-refractivity contribution in [2.45, 2.75) is 26.0 Å². The Bertz CT molecular complexity index is 532. The van der Waals surface area contributed by atoms with Crippen LogP contribution in [0.25, 0.3) is 11.3 Å². The van der Waals surface area contributed by atoms with Gasteiger partial charge in [0.2, 0.25) is 0 Å². The zero-order chi connectivity index (χ0) is 15.1. The molecular weight excluding hydrogens is 264 g/mol. The Balaban J connectivity index is 1.90. The maximum absolute atomic E-state index is 9.51. The molecule has 0 unspecified atom stereocenters. The Labute approximate surface area is 126 Å². The fourth-order valence-electron chi connectivity index (χ4n) is 2.16. The van der Waals surface area contributed by atoms with E-state index in [2.05, 4.69) is 10.6 Å². The number of furan rings is 1. The monoisotopic (exact) mass is 288 g/mol. The van der Waals surface area contributed by atoms with E-state index in [1.54, 1.807) is 6.92 Å². The average molecular weight is 288 g/mol. The molecule has 2 aromatic rings. The van der Waals surface area contributed by atoms with Gasteiger partial charge in [-0.2, -0.15) is 0 Å². The van der Waals surface area contributed by atoms with Crippen molar-refractivity contribution >= 4 is 0 Å². The lowest BCUT2D eigenvalue weighted by Crippen LogP contribution is -2.19. The van der Waals surface area contributed by atoms with Crippen LogP contribution in [0, 0.1) is 0 Å². The summed E-state index contributed by atoms with van der Waals surface area (Å²) in [5.74, 6) is 1.80. The first kappa shape index (κ1) is 15.8. The summed E-state index contributed by atoms with van der Waals surface area (Å²) in [6.45, 7) is 4.50. The molecule has 3 N–H and O–H groups in total. The van der Waals surface area contributed by atoms with Crippen molar-refractivity contribution in [2.24, 2.45) is 0 Å². The van der Waals surface area contributed by atoms with Gasteiger partial charge in [0.25, 0.3) is 0 Å². The third-order valence-electron chi connectivity index (χ3n) is 3.42. The van der Waals surface area contributed by atoms with Gasteiger partial charge in [0.1, 0.15) is 11.5 Å². The Morgan fingerprint density at radius 3 is 2.52 bits per heavy atom. The highest BCUT2D eigenvalue weighted by atomic mass is 16.3. The van der Waals surface area contributed by atoms with E-state index in [1.807, 2.05) is 43.4 Å². The number of hydrogen-bond donors (Lipinski definition) is 3. The lowest BCUT2D eigenvalue weighted by atomic mass is 10.1. The molecule has 0 spiro atoms. The predicted octanol–water partition coefficient (Wildman–Crippen LogP) is 2.70. The topological polar surface area (TPSA) is 57.4 Å². The molecule has 0 aliphatic rings. The van der Waals surface area contributed by atoms with Gasteiger partial charge < -0.3 is 20.2 Å². The first-order chi connectivity index (χ1) is 10.2. The van der Waals surface area contributed by atoms with Crippen molar-refractivity contribution in [3.05, 3.63) is 47.7 Å². The minimum atomic E-state index is -0.437. The molecule has 0 saturated heterocycles. The van der Waals surface area contributed by atoms with Gasteiger partial charge in [0.15, 0.2) is 0 Å². The molecule has 0 amide bonds. The molecule has 1 atom stereocenters. The molecule has 0 radical (unpaired) electrons. The molecule has 114 valence electrons. The van der Waals surface area contributed by atoms with Crippen LogP contribution in [0.4, 0.5) is 0 Å². The molecule has 4 heteroatoms. The van der Waals surface area contributed by atoms with Crippen molar-refractivity contribution in [3.8, 4) is 11.3 Å². The predicted molar refractivity (Wildman–Crippen MR) is 85.0 cm³/mol. The van der Waals surface area contributed by atoms with Gasteiger partial charge in [-0.3, -0.25) is 0 Å². The van der Waals surface area contributed by atoms with Crippen molar-refractivity contribution in [3.63, 3.8) is 0 Å². The van der Waals surface area contributed by atoms with Crippen molar-refractivity contribution in [2.75, 3.05) is 20.1 Å². The molecule has 0 saturated carbocycles. The van der Waals surface area contributed by atoms with E-state index in [-0.39, 0.29) is 0 Å². The Hall–Kier alpha value is -1.62. The van der Waals surface area contributed by atoms with Gasteiger partial charge in [0.05, 0.1) is 12.6 Å². The standard InChI is InChI=1S/C17H24N2O2/c1-13(20)14-4-6-15(7-5-14)17-9-8-16(21-17)12-19-11-3-10-18-2/h4-9,13,18-20H,3,10-12H2,1-2H3/t13-/m0/s1. The first-order valence-electron chi connectivity index (χ1n) is 7.43. The molecule has 4 nitrogen and oxygen atoms in total. The molecule has 1 aromatic heterocycles. The largest absolute Gasteiger partial charge is 0.460 e. The summed E-state index contributed by atoms with van der Waals surface area (Å²) in [7, 11) is 1.96. The van der Waals surface area contributed by atoms with Gasteiger partial charge in [-0.1, -0.05) is 24.3 Å². The smallest absolute Gasteiger partial charge is 0.134 e. The summed E-state index contributed by atoms with van der Waals surface area (Å²) < 4.78 is 5.84. The maximum Gasteiger partial charge on any atom is 0.134 e.